The number of halogens is 1. The number of carbonyl (C=O) groups is 2. The van der Waals surface area contributed by atoms with E-state index < -0.39 is 0 Å². The fourth-order valence-corrected chi connectivity index (χ4v) is 3.23. The topological polar surface area (TPSA) is 52.7 Å². The van der Waals surface area contributed by atoms with Crippen LogP contribution in [0, 0.1) is 5.82 Å². The van der Waals surface area contributed by atoms with Crippen LogP contribution in [0.25, 0.3) is 0 Å². The Morgan fingerprint density at radius 3 is 2.26 bits per heavy atom. The monoisotopic (exact) mass is 369 g/mol. The van der Waals surface area contributed by atoms with Crippen molar-refractivity contribution in [3.05, 3.63) is 66.0 Å². The lowest BCUT2D eigenvalue weighted by molar-refractivity contribution is -0.136. The number of anilines is 1. The van der Waals surface area contributed by atoms with Crippen LogP contribution in [-0.4, -0.2) is 42.9 Å². The van der Waals surface area contributed by atoms with Crippen LogP contribution in [0.4, 0.5) is 10.1 Å². The predicted molar refractivity (Wildman–Crippen MR) is 103 cm³/mol. The highest BCUT2D eigenvalue weighted by molar-refractivity contribution is 5.97. The Morgan fingerprint density at radius 2 is 1.63 bits per heavy atom. The Morgan fingerprint density at radius 1 is 1.00 bits per heavy atom. The van der Waals surface area contributed by atoms with Gasteiger partial charge >= 0.3 is 0 Å². The highest BCUT2D eigenvalue weighted by Crippen LogP contribution is 2.17. The second-order valence-electron chi connectivity index (χ2n) is 6.72. The molecule has 1 fully saturated rings. The summed E-state index contributed by atoms with van der Waals surface area (Å²) in [7, 11) is 0. The van der Waals surface area contributed by atoms with Crippen LogP contribution in [0.3, 0.4) is 0 Å². The van der Waals surface area contributed by atoms with Crippen LogP contribution in [0.1, 0.15) is 24.9 Å². The second kappa shape index (κ2) is 8.66. The Bertz CT molecular complexity index is 772. The third-order valence-corrected chi connectivity index (χ3v) is 4.81. The van der Waals surface area contributed by atoms with E-state index in [1.54, 1.807) is 17.0 Å². The van der Waals surface area contributed by atoms with Gasteiger partial charge in [-0.2, -0.15) is 0 Å². The van der Waals surface area contributed by atoms with Crippen molar-refractivity contribution in [3.63, 3.8) is 0 Å². The Kier molecular flexibility index (Phi) is 6.06. The summed E-state index contributed by atoms with van der Waals surface area (Å²) in [5.41, 5.74) is 1.95. The van der Waals surface area contributed by atoms with E-state index in [0.717, 1.165) is 11.3 Å². The van der Waals surface area contributed by atoms with Gasteiger partial charge < -0.3 is 15.1 Å². The minimum atomic E-state index is -0.266. The molecule has 1 unspecified atom stereocenters. The van der Waals surface area contributed by atoms with Gasteiger partial charge in [0, 0.05) is 31.9 Å². The van der Waals surface area contributed by atoms with Crippen molar-refractivity contribution in [1.82, 2.24) is 10.2 Å². The number of nitrogens with zero attached hydrogens (tertiary/aromatic N) is 2. The molecular formula is C21H24FN3O2. The molecule has 0 spiro atoms. The maximum Gasteiger partial charge on any atom is 0.232 e. The minimum Gasteiger partial charge on any atom is -0.368 e. The maximum atomic E-state index is 13.0. The van der Waals surface area contributed by atoms with Crippen molar-refractivity contribution in [3.8, 4) is 0 Å². The zero-order valence-corrected chi connectivity index (χ0v) is 15.4. The molecule has 1 atom stereocenters. The molecule has 1 heterocycles. The molecule has 6 heteroatoms. The van der Waals surface area contributed by atoms with E-state index in [1.807, 2.05) is 37.3 Å². The molecule has 1 saturated heterocycles. The molecule has 5 nitrogen and oxygen atoms in total. The van der Waals surface area contributed by atoms with Crippen molar-refractivity contribution in [2.75, 3.05) is 31.1 Å². The number of benzene rings is 2. The third kappa shape index (κ3) is 5.06. The van der Waals surface area contributed by atoms with Crippen molar-refractivity contribution >= 4 is 17.5 Å². The van der Waals surface area contributed by atoms with Crippen LogP contribution >= 0.6 is 0 Å². The summed E-state index contributed by atoms with van der Waals surface area (Å²) in [5, 5.41) is 2.87. The minimum absolute atomic E-state index is 0.137. The molecule has 0 aliphatic carbocycles. The molecule has 1 aliphatic rings. The van der Waals surface area contributed by atoms with Gasteiger partial charge in [-0.15, -0.1) is 0 Å². The van der Waals surface area contributed by atoms with Crippen LogP contribution in [-0.2, 0) is 9.59 Å². The van der Waals surface area contributed by atoms with Gasteiger partial charge in [0.1, 0.15) is 12.2 Å². The first-order valence-electron chi connectivity index (χ1n) is 9.15. The van der Waals surface area contributed by atoms with Crippen molar-refractivity contribution < 1.29 is 14.0 Å². The Balaban J connectivity index is 1.46. The summed E-state index contributed by atoms with van der Waals surface area (Å²) in [6.45, 7) is 4.34. The smallest absolute Gasteiger partial charge is 0.232 e. The largest absolute Gasteiger partial charge is 0.368 e. The first-order valence-corrected chi connectivity index (χ1v) is 9.15. The summed E-state index contributed by atoms with van der Waals surface area (Å²) in [6.07, 6.45) is -0.145. The predicted octanol–water partition coefficient (Wildman–Crippen LogP) is 2.74. The van der Waals surface area contributed by atoms with Gasteiger partial charge in [-0.25, -0.2) is 4.39 Å². The van der Waals surface area contributed by atoms with E-state index in [1.165, 1.54) is 12.1 Å². The van der Waals surface area contributed by atoms with Gasteiger partial charge in [0.05, 0.1) is 6.04 Å². The fourth-order valence-electron chi connectivity index (χ4n) is 3.23. The molecule has 0 saturated carbocycles. The number of rotatable bonds is 5. The molecule has 2 amide bonds. The van der Waals surface area contributed by atoms with E-state index in [-0.39, 0.29) is 30.1 Å². The number of carbonyl (C=O) groups excluding carboxylic acids is 2. The summed E-state index contributed by atoms with van der Waals surface area (Å²) >= 11 is 0. The lowest BCUT2D eigenvalue weighted by Crippen LogP contribution is -2.49. The quantitative estimate of drug-likeness (QED) is 0.825. The van der Waals surface area contributed by atoms with Crippen molar-refractivity contribution in [1.29, 1.82) is 0 Å². The summed E-state index contributed by atoms with van der Waals surface area (Å²) < 4.78 is 13.0. The van der Waals surface area contributed by atoms with Gasteiger partial charge in [-0.3, -0.25) is 9.59 Å². The molecule has 2 aromatic rings. The molecule has 0 bridgehead atoms. The molecule has 27 heavy (non-hydrogen) atoms. The zero-order chi connectivity index (χ0) is 19.2. The van der Waals surface area contributed by atoms with Crippen LogP contribution in [0.5, 0.6) is 0 Å². The van der Waals surface area contributed by atoms with E-state index in [0.29, 0.717) is 26.2 Å². The average Bonchev–Trinajstić information content (AvgIpc) is 2.69. The number of amides is 2. The standard InChI is InChI=1S/C21H24FN3O2/c1-16(17-5-3-2-4-6-17)23-20(26)15-21(27)25-13-11-24(12-14-25)19-9-7-18(22)8-10-19/h2-10,16H,11-15H2,1H3,(H,23,26). The molecule has 142 valence electrons. The Labute approximate surface area is 158 Å². The SMILES string of the molecule is CC(NC(=O)CC(=O)N1CCN(c2ccc(F)cc2)CC1)c1ccccc1. The van der Waals surface area contributed by atoms with Crippen molar-refractivity contribution in [2.24, 2.45) is 0 Å². The normalized spacial score (nSPS) is 15.3. The lowest BCUT2D eigenvalue weighted by Gasteiger charge is -2.36. The summed E-state index contributed by atoms with van der Waals surface area (Å²) in [5.74, 6) is -0.688. The molecular weight excluding hydrogens is 345 g/mol. The van der Waals surface area contributed by atoms with Gasteiger partial charge in [0.15, 0.2) is 0 Å². The van der Waals surface area contributed by atoms with Gasteiger partial charge in [-0.1, -0.05) is 30.3 Å². The molecule has 1 N–H and O–H groups in total. The number of nitrogens with one attached hydrogen (secondary N) is 1. The van der Waals surface area contributed by atoms with E-state index in [2.05, 4.69) is 10.2 Å². The van der Waals surface area contributed by atoms with Crippen molar-refractivity contribution in [2.45, 2.75) is 19.4 Å². The maximum absolute atomic E-state index is 13.0. The average molecular weight is 369 g/mol. The number of piperazine rings is 1. The van der Waals surface area contributed by atoms with Gasteiger partial charge in [0.25, 0.3) is 0 Å². The number of hydrogen-bond donors (Lipinski definition) is 1. The highest BCUT2D eigenvalue weighted by atomic mass is 19.1. The van der Waals surface area contributed by atoms with E-state index in [4.69, 9.17) is 0 Å². The fraction of sp³-hybridized carbons (Fsp3) is 0.333. The van der Waals surface area contributed by atoms with Crippen LogP contribution in [0.15, 0.2) is 54.6 Å². The summed E-state index contributed by atoms with van der Waals surface area (Å²) in [4.78, 5) is 28.4. The van der Waals surface area contributed by atoms with Crippen LogP contribution in [0.2, 0.25) is 0 Å². The third-order valence-electron chi connectivity index (χ3n) is 4.81. The second-order valence-corrected chi connectivity index (χ2v) is 6.72. The van der Waals surface area contributed by atoms with Gasteiger partial charge in [0.2, 0.25) is 11.8 Å². The molecule has 2 aromatic carbocycles. The molecule has 1 aliphatic heterocycles. The van der Waals surface area contributed by atoms with E-state index >= 15 is 0 Å². The van der Waals surface area contributed by atoms with Gasteiger partial charge in [-0.05, 0) is 36.8 Å². The highest BCUT2D eigenvalue weighted by Gasteiger charge is 2.23. The van der Waals surface area contributed by atoms with E-state index in [9.17, 15) is 14.0 Å². The molecule has 0 aromatic heterocycles. The number of hydrogen-bond acceptors (Lipinski definition) is 3. The zero-order valence-electron chi connectivity index (χ0n) is 15.4. The van der Waals surface area contributed by atoms with Crippen LogP contribution < -0.4 is 10.2 Å². The molecule has 0 radical (unpaired) electrons. The first kappa shape index (κ1) is 18.9. The molecule has 3 rings (SSSR count). The first-order chi connectivity index (χ1) is 13.0. The Hall–Kier alpha value is -2.89. The lowest BCUT2D eigenvalue weighted by atomic mass is 10.1. The summed E-state index contributed by atoms with van der Waals surface area (Å²) in [6, 6.07) is 15.9.